The van der Waals surface area contributed by atoms with E-state index >= 15 is 0 Å². The number of rotatable bonds is 3. The number of amides is 2. The van der Waals surface area contributed by atoms with Crippen LogP contribution < -0.4 is 21.3 Å². The topological polar surface area (TPSA) is 73.5 Å². The average molecular weight is 387 g/mol. The number of carbonyl (C=O) groups is 2. The van der Waals surface area contributed by atoms with E-state index in [-0.39, 0.29) is 23.4 Å². The van der Waals surface area contributed by atoms with Gasteiger partial charge in [0.05, 0.1) is 11.7 Å². The van der Waals surface area contributed by atoms with E-state index < -0.39 is 11.8 Å². The minimum absolute atomic E-state index is 0.0672. The molecule has 0 bridgehead atoms. The van der Waals surface area contributed by atoms with Crippen LogP contribution in [0.1, 0.15) is 11.6 Å². The second-order valence-electron chi connectivity index (χ2n) is 6.36. The largest absolute Gasteiger partial charge is 0.282 e. The lowest BCUT2D eigenvalue weighted by Gasteiger charge is -2.16. The fraction of sp³-hybridized carbons (Fsp3) is 0.158. The lowest BCUT2D eigenvalue weighted by molar-refractivity contribution is -0.117. The molecule has 138 valence electrons. The standard InChI is InChI=1S/C19H16ClFN4O2/c20-13-2-1-3-15(9-13)25-19(27)16(18(26)24-25)8-12-10-22-23-17(12)11-4-6-14(21)7-5-11/h1-9,12,17,22-23H,10H2,(H,24,26)/b16-8+. The summed E-state index contributed by atoms with van der Waals surface area (Å²) in [6.45, 7) is 0.531. The smallest absolute Gasteiger partial charge is 0.267 e. The van der Waals surface area contributed by atoms with Crippen LogP contribution in [0.5, 0.6) is 0 Å². The van der Waals surface area contributed by atoms with Crippen molar-refractivity contribution in [3.05, 3.63) is 76.6 Å². The normalized spacial score (nSPS) is 23.9. The Morgan fingerprint density at radius 3 is 2.67 bits per heavy atom. The maximum atomic E-state index is 13.2. The van der Waals surface area contributed by atoms with Gasteiger partial charge in [0.2, 0.25) is 0 Å². The summed E-state index contributed by atoms with van der Waals surface area (Å²) in [6.07, 6.45) is 1.66. The monoisotopic (exact) mass is 386 g/mol. The molecule has 2 aliphatic heterocycles. The third-order valence-corrected chi connectivity index (χ3v) is 4.83. The molecule has 2 aromatic carbocycles. The molecule has 6 nitrogen and oxygen atoms in total. The molecule has 2 aromatic rings. The molecule has 0 saturated carbocycles. The van der Waals surface area contributed by atoms with Crippen molar-refractivity contribution in [1.82, 2.24) is 16.3 Å². The number of carbonyl (C=O) groups excluding carboxylic acids is 2. The van der Waals surface area contributed by atoms with Crippen LogP contribution in [0.3, 0.4) is 0 Å². The van der Waals surface area contributed by atoms with Gasteiger partial charge in [-0.1, -0.05) is 35.9 Å². The Kier molecular flexibility index (Phi) is 4.65. The summed E-state index contributed by atoms with van der Waals surface area (Å²) < 4.78 is 13.2. The van der Waals surface area contributed by atoms with E-state index in [0.717, 1.165) is 5.56 Å². The Bertz CT molecular complexity index is 932. The summed E-state index contributed by atoms with van der Waals surface area (Å²) in [7, 11) is 0. The highest BCUT2D eigenvalue weighted by Crippen LogP contribution is 2.29. The average Bonchev–Trinajstić information content (AvgIpc) is 3.22. The van der Waals surface area contributed by atoms with Gasteiger partial charge in [-0.25, -0.2) is 14.8 Å². The van der Waals surface area contributed by atoms with Crippen LogP contribution in [0.2, 0.25) is 5.02 Å². The maximum Gasteiger partial charge on any atom is 0.282 e. The highest BCUT2D eigenvalue weighted by Gasteiger charge is 2.37. The minimum Gasteiger partial charge on any atom is -0.267 e. The van der Waals surface area contributed by atoms with Gasteiger partial charge in [0.25, 0.3) is 11.8 Å². The second-order valence-corrected chi connectivity index (χ2v) is 6.80. The first-order valence-electron chi connectivity index (χ1n) is 8.39. The van der Waals surface area contributed by atoms with Crippen molar-refractivity contribution in [3.63, 3.8) is 0 Å². The summed E-state index contributed by atoms with van der Waals surface area (Å²) in [5, 5.41) is 1.65. The highest BCUT2D eigenvalue weighted by atomic mass is 35.5. The number of anilines is 1. The number of hydrazine groups is 2. The Labute approximate surface area is 159 Å². The summed E-state index contributed by atoms with van der Waals surface area (Å²) in [4.78, 5) is 25.1. The number of benzene rings is 2. The van der Waals surface area contributed by atoms with E-state index in [1.54, 1.807) is 42.5 Å². The van der Waals surface area contributed by atoms with Gasteiger partial charge in [0.15, 0.2) is 0 Å². The van der Waals surface area contributed by atoms with Crippen LogP contribution in [-0.2, 0) is 9.59 Å². The van der Waals surface area contributed by atoms with Crippen molar-refractivity contribution in [2.45, 2.75) is 6.04 Å². The van der Waals surface area contributed by atoms with Gasteiger partial charge in [0.1, 0.15) is 11.4 Å². The number of nitrogens with zero attached hydrogens (tertiary/aromatic N) is 1. The molecule has 2 fully saturated rings. The second kappa shape index (κ2) is 7.11. The fourth-order valence-corrected chi connectivity index (χ4v) is 3.44. The molecule has 3 N–H and O–H groups in total. The fourth-order valence-electron chi connectivity index (χ4n) is 3.26. The van der Waals surface area contributed by atoms with Gasteiger partial charge in [-0.2, -0.15) is 0 Å². The van der Waals surface area contributed by atoms with Crippen LogP contribution in [0.25, 0.3) is 0 Å². The summed E-state index contributed by atoms with van der Waals surface area (Å²) in [5.74, 6) is -1.38. The van der Waals surface area contributed by atoms with Gasteiger partial charge in [0, 0.05) is 17.5 Å². The number of hydrogen-bond acceptors (Lipinski definition) is 4. The zero-order valence-electron chi connectivity index (χ0n) is 14.1. The van der Waals surface area contributed by atoms with E-state index in [2.05, 4.69) is 16.3 Å². The van der Waals surface area contributed by atoms with Crippen molar-refractivity contribution >= 4 is 29.1 Å². The van der Waals surface area contributed by atoms with Crippen molar-refractivity contribution in [3.8, 4) is 0 Å². The Hall–Kier alpha value is -2.74. The summed E-state index contributed by atoms with van der Waals surface area (Å²) >= 11 is 5.97. The molecule has 2 amide bonds. The predicted octanol–water partition coefficient (Wildman–Crippen LogP) is 2.25. The third kappa shape index (κ3) is 3.44. The summed E-state index contributed by atoms with van der Waals surface area (Å²) in [5.41, 5.74) is 10.1. The van der Waals surface area contributed by atoms with Crippen LogP contribution in [-0.4, -0.2) is 18.4 Å². The van der Waals surface area contributed by atoms with E-state index in [1.165, 1.54) is 17.1 Å². The quantitative estimate of drug-likeness (QED) is 0.559. The van der Waals surface area contributed by atoms with Crippen LogP contribution in [0, 0.1) is 11.7 Å². The SMILES string of the molecule is O=C1NN(c2cccc(Cl)c2)C(=O)/C1=C/C1CNNC1c1ccc(F)cc1. The number of halogens is 2. The van der Waals surface area contributed by atoms with Crippen molar-refractivity contribution in [1.29, 1.82) is 0 Å². The highest BCUT2D eigenvalue weighted by molar-refractivity contribution is 6.32. The molecule has 2 aliphatic rings. The van der Waals surface area contributed by atoms with Crippen molar-refractivity contribution < 1.29 is 14.0 Å². The first-order valence-corrected chi connectivity index (χ1v) is 8.77. The molecule has 4 rings (SSSR count). The summed E-state index contributed by atoms with van der Waals surface area (Å²) in [6, 6.07) is 12.6. The van der Waals surface area contributed by atoms with Crippen LogP contribution in [0.15, 0.2) is 60.2 Å². The van der Waals surface area contributed by atoms with Crippen molar-refractivity contribution in [2.24, 2.45) is 5.92 Å². The van der Waals surface area contributed by atoms with Gasteiger partial charge < -0.3 is 0 Å². The molecule has 0 aliphatic carbocycles. The Balaban J connectivity index is 1.60. The first kappa shape index (κ1) is 17.7. The van der Waals surface area contributed by atoms with E-state index in [1.807, 2.05) is 0 Å². The molecule has 0 spiro atoms. The molecule has 27 heavy (non-hydrogen) atoms. The van der Waals surface area contributed by atoms with E-state index in [0.29, 0.717) is 17.3 Å². The van der Waals surface area contributed by atoms with E-state index in [4.69, 9.17) is 11.6 Å². The van der Waals surface area contributed by atoms with Crippen molar-refractivity contribution in [2.75, 3.05) is 11.6 Å². The third-order valence-electron chi connectivity index (χ3n) is 4.59. The van der Waals surface area contributed by atoms with Crippen LogP contribution >= 0.6 is 11.6 Å². The Morgan fingerprint density at radius 2 is 1.93 bits per heavy atom. The molecule has 2 unspecified atom stereocenters. The molecular weight excluding hydrogens is 371 g/mol. The number of hydrogen-bond donors (Lipinski definition) is 3. The molecule has 0 radical (unpaired) electrons. The molecule has 2 heterocycles. The van der Waals surface area contributed by atoms with E-state index in [9.17, 15) is 14.0 Å². The van der Waals surface area contributed by atoms with Gasteiger partial charge >= 0.3 is 0 Å². The molecule has 8 heteroatoms. The van der Waals surface area contributed by atoms with Gasteiger partial charge in [-0.15, -0.1) is 0 Å². The molecule has 0 aromatic heterocycles. The number of nitrogens with one attached hydrogen (secondary N) is 3. The van der Waals surface area contributed by atoms with Gasteiger partial charge in [-0.05, 0) is 35.9 Å². The first-order chi connectivity index (χ1) is 13.0. The molecule has 2 atom stereocenters. The molecule has 2 saturated heterocycles. The minimum atomic E-state index is -0.468. The Morgan fingerprint density at radius 1 is 1.15 bits per heavy atom. The lowest BCUT2D eigenvalue weighted by atomic mass is 9.93. The lowest BCUT2D eigenvalue weighted by Crippen LogP contribution is -2.35. The predicted molar refractivity (Wildman–Crippen MR) is 98.9 cm³/mol. The molecular formula is C19H16ClFN4O2. The maximum absolute atomic E-state index is 13.2. The van der Waals surface area contributed by atoms with Crippen LogP contribution in [0.4, 0.5) is 10.1 Å². The zero-order valence-corrected chi connectivity index (χ0v) is 14.8. The van der Waals surface area contributed by atoms with Gasteiger partial charge in [-0.3, -0.25) is 20.4 Å². The zero-order chi connectivity index (χ0) is 19.0.